The molecule has 31 valence electrons. The van der Waals surface area contributed by atoms with Gasteiger partial charge in [0.2, 0.25) is 0 Å². The van der Waals surface area contributed by atoms with E-state index in [2.05, 4.69) is 15.8 Å². The smallest absolute Gasteiger partial charge is 0.135 e. The minimum Gasteiger partial charge on any atom is -0.135 e. The average molecular weight is 120 g/mol. The van der Waals surface area contributed by atoms with Gasteiger partial charge in [-0.25, -0.2) is 0 Å². The van der Waals surface area contributed by atoms with E-state index in [0.717, 1.165) is 11.5 Å². The van der Waals surface area contributed by atoms with Gasteiger partial charge in [0.25, 0.3) is 0 Å². The van der Waals surface area contributed by atoms with Crippen LogP contribution in [-0.4, -0.2) is 9.59 Å². The molecule has 0 aromatic carbocycles. The molecule has 0 unspecified atom stereocenters. The number of halogens is 1. The number of hydrogen-bond acceptors (Lipinski definition) is 3. The van der Waals surface area contributed by atoms with Crippen molar-refractivity contribution in [3.63, 3.8) is 0 Å². The van der Waals surface area contributed by atoms with Gasteiger partial charge in [-0.3, -0.25) is 0 Å². The fourth-order valence-electron chi connectivity index (χ4n) is 0.136. The molecule has 0 spiro atoms. The lowest BCUT2D eigenvalue weighted by molar-refractivity contribution is 1.15. The van der Waals surface area contributed by atoms with Crippen molar-refractivity contribution in [1.29, 1.82) is 0 Å². The highest BCUT2D eigenvalue weighted by Gasteiger charge is 1.83. The summed E-state index contributed by atoms with van der Waals surface area (Å²) in [7, 11) is 0. The highest BCUT2D eigenvalue weighted by atomic mass is 35.5. The lowest BCUT2D eigenvalue weighted by atomic mass is 11.0. The van der Waals surface area contributed by atoms with E-state index in [1.165, 1.54) is 0 Å². The predicted octanol–water partition coefficient (Wildman–Crippen LogP) is 0.992. The molecule has 1 aromatic rings. The first kappa shape index (κ1) is 4.02. The quantitative estimate of drug-likeness (QED) is 0.509. The number of rotatable bonds is 0. The standard InChI is InChI=1S/C2ClN2S/c3-2-1-4-5-6-2. The molecular formula is C2ClN2S. The van der Waals surface area contributed by atoms with Gasteiger partial charge in [-0.15, -0.1) is 5.10 Å². The van der Waals surface area contributed by atoms with E-state index in [0.29, 0.717) is 4.34 Å². The van der Waals surface area contributed by atoms with Crippen LogP contribution in [0, 0.1) is 6.20 Å². The molecule has 2 nitrogen and oxygen atoms in total. The van der Waals surface area contributed by atoms with Crippen LogP contribution in [0.3, 0.4) is 0 Å². The van der Waals surface area contributed by atoms with Crippen molar-refractivity contribution < 1.29 is 0 Å². The minimum absolute atomic E-state index is 0.509. The van der Waals surface area contributed by atoms with Crippen LogP contribution in [0.25, 0.3) is 0 Å². The Morgan fingerprint density at radius 2 is 2.67 bits per heavy atom. The molecule has 0 aliphatic carbocycles. The van der Waals surface area contributed by atoms with Crippen LogP contribution < -0.4 is 0 Å². The summed E-state index contributed by atoms with van der Waals surface area (Å²) in [5.74, 6) is 0. The molecular weight excluding hydrogens is 120 g/mol. The monoisotopic (exact) mass is 119 g/mol. The van der Waals surface area contributed by atoms with Crippen molar-refractivity contribution in [2.24, 2.45) is 0 Å². The zero-order valence-corrected chi connectivity index (χ0v) is 4.25. The summed E-state index contributed by atoms with van der Waals surface area (Å²) >= 11 is 6.42. The van der Waals surface area contributed by atoms with E-state index < -0.39 is 0 Å². The highest BCUT2D eigenvalue weighted by Crippen LogP contribution is 2.06. The average Bonchev–Trinajstić information content (AvgIpc) is 1.86. The van der Waals surface area contributed by atoms with Gasteiger partial charge in [-0.2, -0.15) is 0 Å². The maximum Gasteiger partial charge on any atom is 0.147 e. The summed E-state index contributed by atoms with van der Waals surface area (Å²) in [6, 6.07) is 0. The molecule has 1 aromatic heterocycles. The fraction of sp³-hybridized carbons (Fsp3) is 0. The fourth-order valence-corrected chi connectivity index (χ4v) is 0.502. The Balaban J connectivity index is 3.05. The van der Waals surface area contributed by atoms with Crippen molar-refractivity contribution in [3.8, 4) is 0 Å². The molecule has 0 saturated carbocycles. The number of hydrogen-bond donors (Lipinski definition) is 0. The van der Waals surface area contributed by atoms with E-state index >= 15 is 0 Å². The SMILES string of the molecule is Clc1[c]nns1. The predicted molar refractivity (Wildman–Crippen MR) is 23.8 cm³/mol. The lowest BCUT2D eigenvalue weighted by Crippen LogP contribution is -1.52. The Hall–Kier alpha value is -0.150. The second kappa shape index (κ2) is 1.53. The maximum absolute atomic E-state index is 5.29. The molecule has 0 amide bonds. The van der Waals surface area contributed by atoms with Crippen LogP contribution in [0.4, 0.5) is 0 Å². The summed E-state index contributed by atoms with van der Waals surface area (Å²) in [4.78, 5) is 0. The topological polar surface area (TPSA) is 25.8 Å². The van der Waals surface area contributed by atoms with Crippen molar-refractivity contribution in [2.45, 2.75) is 0 Å². The van der Waals surface area contributed by atoms with Gasteiger partial charge in [0.05, 0.1) is 0 Å². The third kappa shape index (κ3) is 0.666. The van der Waals surface area contributed by atoms with Gasteiger partial charge < -0.3 is 0 Å². The molecule has 1 heterocycles. The number of aromatic nitrogens is 2. The highest BCUT2D eigenvalue weighted by molar-refractivity contribution is 7.10. The molecule has 1 rings (SSSR count). The second-order valence-electron chi connectivity index (χ2n) is 0.658. The Labute approximate surface area is 43.9 Å². The maximum atomic E-state index is 5.29. The minimum atomic E-state index is 0.509. The molecule has 0 atom stereocenters. The van der Waals surface area contributed by atoms with Crippen molar-refractivity contribution in [1.82, 2.24) is 9.59 Å². The van der Waals surface area contributed by atoms with Crippen molar-refractivity contribution >= 4 is 23.1 Å². The Bertz CT molecular complexity index is 115. The van der Waals surface area contributed by atoms with Gasteiger partial charge in [-0.05, 0) is 0 Å². The van der Waals surface area contributed by atoms with Gasteiger partial charge in [0.15, 0.2) is 0 Å². The lowest BCUT2D eigenvalue weighted by Gasteiger charge is -1.54. The first-order valence-corrected chi connectivity index (χ1v) is 2.40. The van der Waals surface area contributed by atoms with Gasteiger partial charge >= 0.3 is 0 Å². The molecule has 0 aliphatic rings. The molecule has 4 heteroatoms. The summed E-state index contributed by atoms with van der Waals surface area (Å²) < 4.78 is 3.94. The molecule has 6 heavy (non-hydrogen) atoms. The van der Waals surface area contributed by atoms with E-state index in [4.69, 9.17) is 11.6 Å². The molecule has 0 bridgehead atoms. The largest absolute Gasteiger partial charge is 0.147 e. The molecule has 0 saturated heterocycles. The normalized spacial score (nSPS) is 8.83. The van der Waals surface area contributed by atoms with E-state index in [1.807, 2.05) is 0 Å². The van der Waals surface area contributed by atoms with Crippen molar-refractivity contribution in [2.75, 3.05) is 0 Å². The summed E-state index contributed by atoms with van der Waals surface area (Å²) in [5.41, 5.74) is 0. The van der Waals surface area contributed by atoms with Gasteiger partial charge in [0.1, 0.15) is 10.5 Å². The molecule has 0 N–H and O–H groups in total. The zero-order chi connectivity index (χ0) is 4.41. The van der Waals surface area contributed by atoms with Crippen LogP contribution in [0.1, 0.15) is 0 Å². The van der Waals surface area contributed by atoms with Crippen molar-refractivity contribution in [3.05, 3.63) is 10.5 Å². The Kier molecular flexibility index (Phi) is 1.03. The van der Waals surface area contributed by atoms with Crippen LogP contribution in [0.2, 0.25) is 4.34 Å². The summed E-state index contributed by atoms with van der Waals surface area (Å²) in [5, 5.41) is 3.33. The summed E-state index contributed by atoms with van der Waals surface area (Å²) in [6.45, 7) is 0. The van der Waals surface area contributed by atoms with Gasteiger partial charge in [0, 0.05) is 11.5 Å². The first-order valence-electron chi connectivity index (χ1n) is 1.25. The van der Waals surface area contributed by atoms with Crippen LogP contribution >= 0.6 is 23.1 Å². The van der Waals surface area contributed by atoms with E-state index in [1.54, 1.807) is 0 Å². The zero-order valence-electron chi connectivity index (χ0n) is 2.68. The summed E-state index contributed by atoms with van der Waals surface area (Å²) in [6.07, 6.45) is 2.42. The Morgan fingerprint density at radius 3 is 2.83 bits per heavy atom. The van der Waals surface area contributed by atoms with Gasteiger partial charge in [-0.1, -0.05) is 16.1 Å². The van der Waals surface area contributed by atoms with Crippen LogP contribution in [0.5, 0.6) is 0 Å². The third-order valence-corrected chi connectivity index (χ3v) is 1.01. The Morgan fingerprint density at radius 1 is 1.83 bits per heavy atom. The van der Waals surface area contributed by atoms with Crippen LogP contribution in [0.15, 0.2) is 0 Å². The number of nitrogens with zero attached hydrogens (tertiary/aromatic N) is 2. The van der Waals surface area contributed by atoms with Crippen LogP contribution in [-0.2, 0) is 0 Å². The third-order valence-electron chi connectivity index (χ3n) is 0.300. The molecule has 1 radical (unpaired) electrons. The van der Waals surface area contributed by atoms with E-state index in [-0.39, 0.29) is 0 Å². The van der Waals surface area contributed by atoms with E-state index in [9.17, 15) is 0 Å². The second-order valence-corrected chi connectivity index (χ2v) is 2.01. The molecule has 0 aliphatic heterocycles. The first-order chi connectivity index (χ1) is 2.89. The molecule has 0 fully saturated rings.